The summed E-state index contributed by atoms with van der Waals surface area (Å²) in [5, 5.41) is 21.4. The van der Waals surface area contributed by atoms with Gasteiger partial charge in [-0.25, -0.2) is 4.98 Å². The molecule has 12 nitrogen and oxygen atoms in total. The maximum atomic E-state index is 14.9. The van der Waals surface area contributed by atoms with E-state index in [1.165, 1.54) is 24.0 Å². The van der Waals surface area contributed by atoms with E-state index < -0.39 is 12.0 Å². The van der Waals surface area contributed by atoms with Crippen LogP contribution in [0.5, 0.6) is 0 Å². The van der Waals surface area contributed by atoms with E-state index >= 15 is 0 Å². The number of carboxylic acid groups (broad SMARTS) is 1. The molecule has 0 spiro atoms. The highest BCUT2D eigenvalue weighted by Crippen LogP contribution is 2.35. The molecule has 0 fully saturated rings. The average Bonchev–Trinajstić information content (AvgIpc) is 3.69. The van der Waals surface area contributed by atoms with Gasteiger partial charge < -0.3 is 20.0 Å². The van der Waals surface area contributed by atoms with E-state index in [-0.39, 0.29) is 23.6 Å². The number of anilines is 1. The van der Waals surface area contributed by atoms with Crippen LogP contribution in [0.1, 0.15) is 30.9 Å². The third-order valence-electron chi connectivity index (χ3n) is 6.47. The lowest BCUT2D eigenvalue weighted by atomic mass is 10.0. The molecule has 3 N–H and O–H groups in total. The summed E-state index contributed by atoms with van der Waals surface area (Å²) >= 11 is 6.28. The largest absolute Gasteiger partial charge is 0.483 e. The summed E-state index contributed by atoms with van der Waals surface area (Å²) in [6.45, 7) is 1.17. The molecule has 0 saturated heterocycles. The second-order valence-corrected chi connectivity index (χ2v) is 9.50. The van der Waals surface area contributed by atoms with E-state index in [4.69, 9.17) is 21.5 Å². The Morgan fingerprint density at radius 3 is 2.61 bits per heavy atom. The summed E-state index contributed by atoms with van der Waals surface area (Å²) in [6, 6.07) is 15.0. The van der Waals surface area contributed by atoms with Gasteiger partial charge in [-0.15, -0.1) is 5.10 Å². The number of aromatic nitrogens is 7. The van der Waals surface area contributed by atoms with Gasteiger partial charge in [0, 0.05) is 40.5 Å². The third kappa shape index (κ3) is 5.61. The number of carbonyl (C=O) groups excluding carboxylic acids is 1. The first-order valence-corrected chi connectivity index (χ1v) is 12.7. The first-order chi connectivity index (χ1) is 19.8. The molecule has 4 heterocycles. The minimum Gasteiger partial charge on any atom is -0.483 e. The highest BCUT2D eigenvalue weighted by molar-refractivity contribution is 6.31. The summed E-state index contributed by atoms with van der Waals surface area (Å²) in [6.07, 6.45) is 2.67. The van der Waals surface area contributed by atoms with Crippen LogP contribution in [-0.2, 0) is 16.0 Å². The van der Waals surface area contributed by atoms with Crippen molar-refractivity contribution in [3.05, 3.63) is 93.8 Å². The zero-order valence-electron chi connectivity index (χ0n) is 21.5. The van der Waals surface area contributed by atoms with Crippen molar-refractivity contribution in [2.75, 3.05) is 5.32 Å². The van der Waals surface area contributed by atoms with Gasteiger partial charge in [0.25, 0.3) is 12.0 Å². The SMILES string of the molecule is CC(=O)Nc1ccc(-c2nc([C@@H]3CCc4cc(-c5cc(Cl)ccc5-n5cnnn5)cc(=O)n43)[nH]c2F)cc1.O=CO. The Morgan fingerprint density at radius 1 is 1.17 bits per heavy atom. The van der Waals surface area contributed by atoms with E-state index in [9.17, 15) is 14.0 Å². The maximum Gasteiger partial charge on any atom is 0.290 e. The highest BCUT2D eigenvalue weighted by atomic mass is 35.5. The number of H-pyrrole nitrogens is 1. The quantitative estimate of drug-likeness (QED) is 0.266. The van der Waals surface area contributed by atoms with Gasteiger partial charge in [-0.3, -0.25) is 14.4 Å². The van der Waals surface area contributed by atoms with Gasteiger partial charge in [0.05, 0.1) is 11.7 Å². The minimum absolute atomic E-state index is 0.150. The smallest absolute Gasteiger partial charge is 0.290 e. The molecule has 3 aromatic heterocycles. The Kier molecular flexibility index (Phi) is 7.70. The van der Waals surface area contributed by atoms with E-state index in [1.54, 1.807) is 47.0 Å². The van der Waals surface area contributed by atoms with Crippen LogP contribution in [0.3, 0.4) is 0 Å². The first-order valence-electron chi connectivity index (χ1n) is 12.3. The summed E-state index contributed by atoms with van der Waals surface area (Å²) < 4.78 is 18.1. The first kappa shape index (κ1) is 27.4. The molecule has 14 heteroatoms. The van der Waals surface area contributed by atoms with Gasteiger partial charge in [-0.1, -0.05) is 23.7 Å². The monoisotopic (exact) mass is 576 g/mol. The van der Waals surface area contributed by atoms with Gasteiger partial charge in [-0.2, -0.15) is 9.07 Å². The number of nitrogens with zero attached hydrogens (tertiary/aromatic N) is 6. The van der Waals surface area contributed by atoms with Crippen LogP contribution in [0, 0.1) is 5.95 Å². The number of hydrogen-bond acceptors (Lipinski definition) is 7. The Bertz CT molecular complexity index is 1780. The molecule has 0 radical (unpaired) electrons. The zero-order chi connectivity index (χ0) is 29.1. The zero-order valence-corrected chi connectivity index (χ0v) is 22.2. The van der Waals surface area contributed by atoms with Crippen LogP contribution in [-0.4, -0.2) is 52.2 Å². The normalized spacial score (nSPS) is 13.7. The fraction of sp³-hybridized carbons (Fsp3) is 0.148. The fourth-order valence-electron chi connectivity index (χ4n) is 4.85. The van der Waals surface area contributed by atoms with E-state index in [1.807, 2.05) is 6.07 Å². The Morgan fingerprint density at radius 2 is 1.93 bits per heavy atom. The van der Waals surface area contributed by atoms with Crippen LogP contribution in [0.25, 0.3) is 28.1 Å². The third-order valence-corrected chi connectivity index (χ3v) is 6.71. The van der Waals surface area contributed by atoms with Crippen molar-refractivity contribution in [2.45, 2.75) is 25.8 Å². The predicted octanol–water partition coefficient (Wildman–Crippen LogP) is 3.87. The number of carbonyl (C=O) groups is 2. The number of imidazole rings is 1. The topological polar surface area (TPSA) is 161 Å². The number of hydrogen-bond donors (Lipinski definition) is 3. The number of rotatable bonds is 5. The van der Waals surface area contributed by atoms with Crippen LogP contribution in [0.4, 0.5) is 10.1 Å². The molecule has 41 heavy (non-hydrogen) atoms. The summed E-state index contributed by atoms with van der Waals surface area (Å²) in [5.41, 5.74) is 3.95. The molecule has 0 aliphatic carbocycles. The van der Waals surface area contributed by atoms with Crippen LogP contribution in [0.2, 0.25) is 5.02 Å². The van der Waals surface area contributed by atoms with Crippen molar-refractivity contribution < 1.29 is 19.1 Å². The molecular weight excluding hydrogens is 555 g/mol. The average molecular weight is 577 g/mol. The second-order valence-electron chi connectivity index (χ2n) is 9.06. The molecular formula is C27H22ClFN8O4. The van der Waals surface area contributed by atoms with Crippen molar-refractivity contribution in [2.24, 2.45) is 0 Å². The number of aryl methyl sites for hydroxylation is 1. The van der Waals surface area contributed by atoms with Crippen LogP contribution >= 0.6 is 11.6 Å². The number of nitrogens with one attached hydrogen (secondary N) is 2. The molecule has 1 aliphatic rings. The van der Waals surface area contributed by atoms with E-state index in [2.05, 4.69) is 30.8 Å². The minimum atomic E-state index is -0.588. The molecule has 0 unspecified atom stereocenters. The van der Waals surface area contributed by atoms with Gasteiger partial charge in [0.1, 0.15) is 17.8 Å². The van der Waals surface area contributed by atoms with Gasteiger partial charge in [0.15, 0.2) is 0 Å². The van der Waals surface area contributed by atoms with Gasteiger partial charge in [0.2, 0.25) is 11.9 Å². The van der Waals surface area contributed by atoms with Crippen molar-refractivity contribution >= 4 is 29.7 Å². The lowest BCUT2D eigenvalue weighted by Gasteiger charge is -2.14. The van der Waals surface area contributed by atoms with Crippen LogP contribution in [0.15, 0.2) is 65.7 Å². The molecule has 208 valence electrons. The Labute approximate surface area is 236 Å². The van der Waals surface area contributed by atoms with Crippen molar-refractivity contribution in [1.29, 1.82) is 0 Å². The number of fused-ring (bicyclic) bond motifs is 1. The lowest BCUT2D eigenvalue weighted by Crippen LogP contribution is -2.24. The maximum absolute atomic E-state index is 14.9. The number of halogens is 2. The number of aromatic amines is 1. The Balaban J connectivity index is 0.00000108. The van der Waals surface area contributed by atoms with Crippen molar-refractivity contribution in [3.63, 3.8) is 0 Å². The standard InChI is InChI=1S/C26H20ClFN8O2.CH2O2/c1-14(37)30-18-5-2-15(3-6-18)24-25(28)32-26(31-24)22-9-7-19-10-16(11-23(38)36(19)22)20-12-17(27)4-8-21(20)35-13-29-33-34-35;2-1-3/h2-6,8,10-13,22H,7,9H2,1H3,(H,30,37)(H,31,32);1H,(H,2,3)/t22-;/m0./s1. The number of pyridine rings is 1. The lowest BCUT2D eigenvalue weighted by molar-refractivity contribution is -0.123. The van der Waals surface area contributed by atoms with Crippen molar-refractivity contribution in [3.8, 4) is 28.1 Å². The molecule has 5 aromatic rings. The van der Waals surface area contributed by atoms with E-state index in [0.717, 1.165) is 5.69 Å². The second kappa shape index (κ2) is 11.5. The number of benzene rings is 2. The highest BCUT2D eigenvalue weighted by Gasteiger charge is 2.29. The molecule has 0 saturated carbocycles. The molecule has 1 aliphatic heterocycles. The molecule has 0 bridgehead atoms. The molecule has 6 rings (SSSR count). The summed E-state index contributed by atoms with van der Waals surface area (Å²) in [7, 11) is 0. The fourth-order valence-corrected chi connectivity index (χ4v) is 5.03. The van der Waals surface area contributed by atoms with Gasteiger partial charge in [-0.05, 0) is 65.2 Å². The number of tetrazole rings is 1. The van der Waals surface area contributed by atoms with Crippen LogP contribution < -0.4 is 10.9 Å². The van der Waals surface area contributed by atoms with Gasteiger partial charge >= 0.3 is 0 Å². The Hall–Kier alpha value is -5.17. The van der Waals surface area contributed by atoms with E-state index in [0.29, 0.717) is 51.8 Å². The molecule has 2 aromatic carbocycles. The predicted molar refractivity (Wildman–Crippen MR) is 147 cm³/mol. The number of amides is 1. The summed E-state index contributed by atoms with van der Waals surface area (Å²) in [5.74, 6) is -0.411. The molecule has 1 atom stereocenters. The molecule has 1 amide bonds. The summed E-state index contributed by atoms with van der Waals surface area (Å²) in [4.78, 5) is 40.2. The van der Waals surface area contributed by atoms with Crippen molar-refractivity contribution in [1.82, 2.24) is 34.7 Å².